The van der Waals surface area contributed by atoms with E-state index < -0.39 is 0 Å². The van der Waals surface area contributed by atoms with Crippen LogP contribution in [0.4, 0.5) is 10.1 Å². The Morgan fingerprint density at radius 1 is 1.45 bits per heavy atom. The largest absolute Gasteiger partial charge is 0.358 e. The molecule has 0 radical (unpaired) electrons. The zero-order valence-electron chi connectivity index (χ0n) is 6.22. The first-order chi connectivity index (χ1) is 5.25. The summed E-state index contributed by atoms with van der Waals surface area (Å²) < 4.78 is 12.9. The van der Waals surface area contributed by atoms with E-state index in [-0.39, 0.29) is 5.82 Å². The van der Waals surface area contributed by atoms with Crippen molar-refractivity contribution in [3.05, 3.63) is 30.1 Å². The van der Waals surface area contributed by atoms with Crippen molar-refractivity contribution in [2.24, 2.45) is 0 Å². The number of rotatable bonds is 2. The van der Waals surface area contributed by atoms with Gasteiger partial charge in [-0.1, -0.05) is 12.1 Å². The molecular weight excluding hydrogens is 165 g/mol. The summed E-state index contributed by atoms with van der Waals surface area (Å²) in [6.07, 6.45) is 0. The molecule has 1 aromatic carbocycles. The average molecular weight is 174 g/mol. The molecule has 0 aliphatic rings. The number of hydrogen-bond acceptors (Lipinski definition) is 1. The number of hydrogen-bond donors (Lipinski definition) is 0. The van der Waals surface area contributed by atoms with Crippen molar-refractivity contribution in [1.82, 2.24) is 0 Å². The van der Waals surface area contributed by atoms with Gasteiger partial charge in [0.2, 0.25) is 0 Å². The normalized spacial score (nSPS) is 9.73. The molecule has 11 heavy (non-hydrogen) atoms. The van der Waals surface area contributed by atoms with Crippen molar-refractivity contribution < 1.29 is 4.39 Å². The highest BCUT2D eigenvalue weighted by atomic mass is 35.5. The summed E-state index contributed by atoms with van der Waals surface area (Å²) >= 11 is 5.52. The molecule has 0 saturated carbocycles. The zero-order valence-corrected chi connectivity index (χ0v) is 6.98. The van der Waals surface area contributed by atoms with Crippen molar-refractivity contribution in [3.63, 3.8) is 0 Å². The third kappa shape index (κ3) is 1.84. The van der Waals surface area contributed by atoms with Crippen molar-refractivity contribution in [3.8, 4) is 0 Å². The second-order valence-electron chi connectivity index (χ2n) is 2.27. The van der Waals surface area contributed by atoms with Gasteiger partial charge in [0.25, 0.3) is 0 Å². The van der Waals surface area contributed by atoms with Crippen LogP contribution in [0.3, 0.4) is 0 Å². The summed E-state index contributed by atoms with van der Waals surface area (Å²) in [5.41, 5.74) is 0.530. The molecule has 0 heterocycles. The van der Waals surface area contributed by atoms with Crippen LogP contribution in [0.5, 0.6) is 0 Å². The van der Waals surface area contributed by atoms with Gasteiger partial charge in [0, 0.05) is 7.05 Å². The molecule has 0 aliphatic carbocycles. The van der Waals surface area contributed by atoms with Crippen molar-refractivity contribution in [2.75, 3.05) is 18.0 Å². The fourth-order valence-corrected chi connectivity index (χ4v) is 0.954. The highest BCUT2D eigenvalue weighted by molar-refractivity contribution is 6.18. The lowest BCUT2D eigenvalue weighted by atomic mass is 10.3. The monoisotopic (exact) mass is 173 g/mol. The van der Waals surface area contributed by atoms with Gasteiger partial charge >= 0.3 is 0 Å². The molecule has 1 rings (SSSR count). The Bertz CT molecular complexity index is 239. The average Bonchev–Trinajstić information content (AvgIpc) is 2.04. The fraction of sp³-hybridized carbons (Fsp3) is 0.250. The van der Waals surface area contributed by atoms with Crippen LogP contribution in [0.2, 0.25) is 0 Å². The smallest absolute Gasteiger partial charge is 0.146 e. The van der Waals surface area contributed by atoms with Gasteiger partial charge in [-0.25, -0.2) is 4.39 Å². The first-order valence-electron chi connectivity index (χ1n) is 3.27. The van der Waals surface area contributed by atoms with Crippen LogP contribution in [-0.2, 0) is 0 Å². The van der Waals surface area contributed by atoms with Crippen molar-refractivity contribution >= 4 is 17.3 Å². The van der Waals surface area contributed by atoms with Crippen molar-refractivity contribution in [1.29, 1.82) is 0 Å². The lowest BCUT2D eigenvalue weighted by Gasteiger charge is -2.15. The van der Waals surface area contributed by atoms with Crippen LogP contribution in [-0.4, -0.2) is 13.1 Å². The Kier molecular flexibility index (Phi) is 2.71. The van der Waals surface area contributed by atoms with E-state index in [0.29, 0.717) is 11.7 Å². The van der Waals surface area contributed by atoms with Gasteiger partial charge in [-0.3, -0.25) is 0 Å². The number of benzene rings is 1. The minimum Gasteiger partial charge on any atom is -0.358 e. The topological polar surface area (TPSA) is 3.24 Å². The molecule has 0 saturated heterocycles. The Balaban J connectivity index is 2.93. The molecule has 3 heteroatoms. The standard InChI is InChI=1S/C8H9ClFN/c1-11(6-9)8-5-3-2-4-7(8)10/h2-5H,6H2,1H3. The van der Waals surface area contributed by atoms with Gasteiger partial charge in [-0.2, -0.15) is 0 Å². The minimum absolute atomic E-state index is 0.240. The van der Waals surface area contributed by atoms with E-state index in [4.69, 9.17) is 11.6 Å². The fourth-order valence-electron chi connectivity index (χ4n) is 0.826. The number of alkyl halides is 1. The van der Waals surface area contributed by atoms with E-state index in [0.717, 1.165) is 0 Å². The van der Waals surface area contributed by atoms with E-state index >= 15 is 0 Å². The SMILES string of the molecule is CN(CCl)c1ccccc1F. The van der Waals surface area contributed by atoms with E-state index in [1.165, 1.54) is 6.07 Å². The molecule has 0 bridgehead atoms. The molecule has 0 fully saturated rings. The number of halogens is 2. The van der Waals surface area contributed by atoms with Gasteiger partial charge in [-0.15, -0.1) is 11.6 Å². The van der Waals surface area contributed by atoms with Crippen molar-refractivity contribution in [2.45, 2.75) is 0 Å². The Morgan fingerprint density at radius 3 is 2.64 bits per heavy atom. The second kappa shape index (κ2) is 3.58. The van der Waals surface area contributed by atoms with E-state index in [1.807, 2.05) is 0 Å². The maximum atomic E-state index is 12.9. The summed E-state index contributed by atoms with van der Waals surface area (Å²) in [6, 6.07) is 6.83. The molecule has 0 aliphatic heterocycles. The zero-order chi connectivity index (χ0) is 8.27. The third-order valence-electron chi connectivity index (χ3n) is 1.44. The molecule has 0 aromatic heterocycles. The highest BCUT2D eigenvalue weighted by Gasteiger charge is 2.03. The minimum atomic E-state index is -0.240. The Hall–Kier alpha value is -0.760. The maximum absolute atomic E-state index is 12.9. The Labute approximate surface area is 70.4 Å². The van der Waals surface area contributed by atoms with Gasteiger partial charge < -0.3 is 4.90 Å². The van der Waals surface area contributed by atoms with Crippen LogP contribution in [0.25, 0.3) is 0 Å². The molecule has 1 aromatic rings. The molecule has 60 valence electrons. The lowest BCUT2D eigenvalue weighted by Crippen LogP contribution is -2.15. The molecule has 0 N–H and O–H groups in total. The Morgan fingerprint density at radius 2 is 2.09 bits per heavy atom. The summed E-state index contributed by atoms with van der Waals surface area (Å²) in [6.45, 7) is 0. The molecule has 0 unspecified atom stereocenters. The highest BCUT2D eigenvalue weighted by Crippen LogP contribution is 2.16. The molecule has 0 atom stereocenters. The second-order valence-corrected chi connectivity index (χ2v) is 2.51. The van der Waals surface area contributed by atoms with Gasteiger partial charge in [0.05, 0.1) is 11.7 Å². The lowest BCUT2D eigenvalue weighted by molar-refractivity contribution is 0.625. The first-order valence-corrected chi connectivity index (χ1v) is 3.81. The predicted molar refractivity (Wildman–Crippen MR) is 45.5 cm³/mol. The predicted octanol–water partition coefficient (Wildman–Crippen LogP) is 2.46. The molecule has 0 amide bonds. The van der Waals surface area contributed by atoms with E-state index in [2.05, 4.69) is 0 Å². The molecule has 0 spiro atoms. The van der Waals surface area contributed by atoms with Gasteiger partial charge in [-0.05, 0) is 12.1 Å². The van der Waals surface area contributed by atoms with Crippen LogP contribution in [0.15, 0.2) is 24.3 Å². The first kappa shape index (κ1) is 8.34. The van der Waals surface area contributed by atoms with Crippen LogP contribution < -0.4 is 4.90 Å². The maximum Gasteiger partial charge on any atom is 0.146 e. The number of anilines is 1. The molecule has 1 nitrogen and oxygen atoms in total. The third-order valence-corrected chi connectivity index (χ3v) is 1.80. The van der Waals surface area contributed by atoms with Crippen LogP contribution >= 0.6 is 11.6 Å². The summed E-state index contributed by atoms with van der Waals surface area (Å²) in [7, 11) is 1.74. The van der Waals surface area contributed by atoms with Crippen LogP contribution in [0, 0.1) is 5.82 Å². The summed E-state index contributed by atoms with van der Waals surface area (Å²) in [5, 5.41) is 0. The van der Waals surface area contributed by atoms with E-state index in [9.17, 15) is 4.39 Å². The van der Waals surface area contributed by atoms with E-state index in [1.54, 1.807) is 30.1 Å². The number of para-hydroxylation sites is 1. The quantitative estimate of drug-likeness (QED) is 0.491. The number of nitrogens with zero attached hydrogens (tertiary/aromatic N) is 1. The summed E-state index contributed by atoms with van der Waals surface area (Å²) in [5.74, 6) is -0.240. The van der Waals surface area contributed by atoms with Crippen LogP contribution in [0.1, 0.15) is 0 Å². The molecular formula is C8H9ClFN. The summed E-state index contributed by atoms with van der Waals surface area (Å²) in [4.78, 5) is 1.64. The van der Waals surface area contributed by atoms with Gasteiger partial charge in [0.15, 0.2) is 0 Å². The van der Waals surface area contributed by atoms with Gasteiger partial charge in [0.1, 0.15) is 5.82 Å².